The standard InChI is InChI=1S/C20H24N6O3/c1-14-9-11-22-24(14)12-4-10-21-20(27)18-7-5-17(6-8-18)13-25-16(3)19(26(28)29)15(2)23-25/h5-9,11H,4,10,12-13H2,1-3H3,(H,21,27). The van der Waals surface area contributed by atoms with Crippen LogP contribution in [0, 0.1) is 30.9 Å². The van der Waals surface area contributed by atoms with E-state index in [1.54, 1.807) is 36.9 Å². The number of rotatable bonds is 8. The third-order valence-electron chi connectivity index (χ3n) is 4.84. The van der Waals surface area contributed by atoms with E-state index >= 15 is 0 Å². The fourth-order valence-corrected chi connectivity index (χ4v) is 3.21. The molecule has 9 nitrogen and oxygen atoms in total. The number of carbonyl (C=O) groups excluding carboxylic acids is 1. The fourth-order valence-electron chi connectivity index (χ4n) is 3.21. The molecule has 29 heavy (non-hydrogen) atoms. The van der Waals surface area contributed by atoms with Crippen LogP contribution in [0.3, 0.4) is 0 Å². The summed E-state index contributed by atoms with van der Waals surface area (Å²) < 4.78 is 3.52. The number of hydrogen-bond donors (Lipinski definition) is 1. The van der Waals surface area contributed by atoms with E-state index in [0.29, 0.717) is 30.0 Å². The third kappa shape index (κ3) is 4.68. The van der Waals surface area contributed by atoms with Gasteiger partial charge in [-0.3, -0.25) is 24.3 Å². The van der Waals surface area contributed by atoms with Crippen molar-refractivity contribution in [2.75, 3.05) is 6.54 Å². The van der Waals surface area contributed by atoms with Crippen LogP contribution in [0.2, 0.25) is 0 Å². The van der Waals surface area contributed by atoms with Crippen LogP contribution in [0.4, 0.5) is 5.69 Å². The first-order valence-electron chi connectivity index (χ1n) is 9.40. The molecule has 152 valence electrons. The van der Waals surface area contributed by atoms with E-state index in [1.165, 1.54) is 0 Å². The van der Waals surface area contributed by atoms with Gasteiger partial charge < -0.3 is 5.32 Å². The van der Waals surface area contributed by atoms with Gasteiger partial charge in [-0.05, 0) is 51.0 Å². The second-order valence-corrected chi connectivity index (χ2v) is 6.94. The fraction of sp³-hybridized carbons (Fsp3) is 0.350. The number of nitrogens with one attached hydrogen (secondary N) is 1. The number of nitrogens with zero attached hydrogens (tertiary/aromatic N) is 5. The smallest absolute Gasteiger partial charge is 0.312 e. The molecule has 0 unspecified atom stereocenters. The topological polar surface area (TPSA) is 108 Å². The van der Waals surface area contributed by atoms with Gasteiger partial charge in [0.25, 0.3) is 5.91 Å². The lowest BCUT2D eigenvalue weighted by Gasteiger charge is -2.08. The summed E-state index contributed by atoms with van der Waals surface area (Å²) in [5.74, 6) is -0.129. The van der Waals surface area contributed by atoms with Crippen LogP contribution in [0.1, 0.15) is 39.4 Å². The van der Waals surface area contributed by atoms with E-state index in [2.05, 4.69) is 15.5 Å². The molecule has 2 aromatic heterocycles. The van der Waals surface area contributed by atoms with Crippen molar-refractivity contribution in [3.63, 3.8) is 0 Å². The van der Waals surface area contributed by atoms with E-state index in [4.69, 9.17) is 0 Å². The molecule has 1 aromatic carbocycles. The Balaban J connectivity index is 1.54. The number of carbonyl (C=O) groups is 1. The second kappa shape index (κ2) is 8.68. The molecule has 9 heteroatoms. The number of aromatic nitrogens is 4. The average Bonchev–Trinajstić information content (AvgIpc) is 3.21. The maximum Gasteiger partial charge on any atom is 0.312 e. The number of aryl methyl sites for hydroxylation is 3. The summed E-state index contributed by atoms with van der Waals surface area (Å²) >= 11 is 0. The zero-order valence-electron chi connectivity index (χ0n) is 16.8. The highest BCUT2D eigenvalue weighted by atomic mass is 16.6. The van der Waals surface area contributed by atoms with Crippen LogP contribution in [-0.2, 0) is 13.1 Å². The first-order valence-corrected chi connectivity index (χ1v) is 9.40. The van der Waals surface area contributed by atoms with Crippen molar-refractivity contribution in [3.05, 3.63) is 74.9 Å². The third-order valence-corrected chi connectivity index (χ3v) is 4.84. The van der Waals surface area contributed by atoms with Crippen LogP contribution >= 0.6 is 0 Å². The monoisotopic (exact) mass is 396 g/mol. The van der Waals surface area contributed by atoms with Crippen molar-refractivity contribution in [3.8, 4) is 0 Å². The van der Waals surface area contributed by atoms with Gasteiger partial charge in [0.15, 0.2) is 0 Å². The molecule has 2 heterocycles. The minimum absolute atomic E-state index is 0.0475. The van der Waals surface area contributed by atoms with Crippen molar-refractivity contribution in [1.29, 1.82) is 0 Å². The van der Waals surface area contributed by atoms with Crippen LogP contribution in [0.15, 0.2) is 36.5 Å². The van der Waals surface area contributed by atoms with Gasteiger partial charge in [0, 0.05) is 30.5 Å². The van der Waals surface area contributed by atoms with Crippen LogP contribution < -0.4 is 5.32 Å². The molecule has 0 bridgehead atoms. The minimum atomic E-state index is -0.407. The quantitative estimate of drug-likeness (QED) is 0.358. The molecule has 0 atom stereocenters. The lowest BCUT2D eigenvalue weighted by molar-refractivity contribution is -0.386. The van der Waals surface area contributed by atoms with Gasteiger partial charge in [0.1, 0.15) is 11.4 Å². The van der Waals surface area contributed by atoms with Crippen molar-refractivity contribution in [2.24, 2.45) is 0 Å². The summed E-state index contributed by atoms with van der Waals surface area (Å²) in [6.45, 7) is 7.04. The van der Waals surface area contributed by atoms with E-state index in [1.807, 2.05) is 29.8 Å². The number of hydrogen-bond acceptors (Lipinski definition) is 5. The summed E-state index contributed by atoms with van der Waals surface area (Å²) in [6, 6.07) is 9.13. The number of amides is 1. The molecule has 0 aliphatic rings. The van der Waals surface area contributed by atoms with Gasteiger partial charge in [-0.2, -0.15) is 10.2 Å². The molecule has 0 saturated heterocycles. The molecule has 0 fully saturated rings. The molecule has 0 saturated carbocycles. The maximum absolute atomic E-state index is 12.3. The molecule has 3 aromatic rings. The number of nitro groups is 1. The largest absolute Gasteiger partial charge is 0.352 e. The van der Waals surface area contributed by atoms with E-state index < -0.39 is 4.92 Å². The molecular formula is C20H24N6O3. The van der Waals surface area contributed by atoms with Crippen molar-refractivity contribution in [2.45, 2.75) is 40.3 Å². The van der Waals surface area contributed by atoms with Gasteiger partial charge >= 0.3 is 5.69 Å². The highest BCUT2D eigenvalue weighted by molar-refractivity contribution is 5.94. The van der Waals surface area contributed by atoms with Gasteiger partial charge in [0.05, 0.1) is 11.5 Å². The Morgan fingerprint density at radius 1 is 1.14 bits per heavy atom. The molecule has 1 N–H and O–H groups in total. The average molecular weight is 396 g/mol. The molecular weight excluding hydrogens is 372 g/mol. The van der Waals surface area contributed by atoms with Crippen LogP contribution in [0.25, 0.3) is 0 Å². The summed E-state index contributed by atoms with van der Waals surface area (Å²) in [5.41, 5.74) is 3.54. The highest BCUT2D eigenvalue weighted by Crippen LogP contribution is 2.22. The molecule has 0 aliphatic carbocycles. The van der Waals surface area contributed by atoms with E-state index in [9.17, 15) is 14.9 Å². The SMILES string of the molecule is Cc1nn(Cc2ccc(C(=O)NCCCn3nccc3C)cc2)c(C)c1[N+](=O)[O-]. The van der Waals surface area contributed by atoms with Gasteiger partial charge in [-0.15, -0.1) is 0 Å². The Labute approximate surface area is 168 Å². The Hall–Kier alpha value is -3.49. The lowest BCUT2D eigenvalue weighted by Crippen LogP contribution is -2.25. The predicted molar refractivity (Wildman–Crippen MR) is 108 cm³/mol. The summed E-state index contributed by atoms with van der Waals surface area (Å²) in [7, 11) is 0. The van der Waals surface area contributed by atoms with Crippen molar-refractivity contribution < 1.29 is 9.72 Å². The van der Waals surface area contributed by atoms with Crippen LogP contribution in [-0.4, -0.2) is 36.9 Å². The summed E-state index contributed by atoms with van der Waals surface area (Å²) in [6.07, 6.45) is 2.56. The molecule has 3 rings (SSSR count). The lowest BCUT2D eigenvalue weighted by atomic mass is 10.1. The van der Waals surface area contributed by atoms with Gasteiger partial charge in [0.2, 0.25) is 0 Å². The van der Waals surface area contributed by atoms with Gasteiger partial charge in [-0.1, -0.05) is 12.1 Å². The first-order chi connectivity index (χ1) is 13.9. The summed E-state index contributed by atoms with van der Waals surface area (Å²) in [4.78, 5) is 23.0. The Bertz CT molecular complexity index is 1020. The zero-order valence-corrected chi connectivity index (χ0v) is 16.8. The Kier molecular flexibility index (Phi) is 6.06. The normalized spacial score (nSPS) is 10.9. The van der Waals surface area contributed by atoms with E-state index in [-0.39, 0.29) is 11.6 Å². The molecule has 0 spiro atoms. The Morgan fingerprint density at radius 3 is 2.45 bits per heavy atom. The molecule has 0 radical (unpaired) electrons. The highest BCUT2D eigenvalue weighted by Gasteiger charge is 2.21. The maximum atomic E-state index is 12.3. The van der Waals surface area contributed by atoms with Crippen LogP contribution in [0.5, 0.6) is 0 Å². The van der Waals surface area contributed by atoms with E-state index in [0.717, 1.165) is 24.2 Å². The molecule has 0 aliphatic heterocycles. The van der Waals surface area contributed by atoms with Crippen molar-refractivity contribution in [1.82, 2.24) is 24.9 Å². The zero-order chi connectivity index (χ0) is 21.0. The Morgan fingerprint density at radius 2 is 1.86 bits per heavy atom. The molecule has 1 amide bonds. The predicted octanol–water partition coefficient (Wildman–Crippen LogP) is 2.78. The number of benzene rings is 1. The second-order valence-electron chi connectivity index (χ2n) is 6.94. The summed E-state index contributed by atoms with van der Waals surface area (Å²) in [5, 5.41) is 22.5. The minimum Gasteiger partial charge on any atom is -0.352 e. The first kappa shape index (κ1) is 20.2. The van der Waals surface area contributed by atoms with Gasteiger partial charge in [-0.25, -0.2) is 0 Å². The van der Waals surface area contributed by atoms with Crippen molar-refractivity contribution >= 4 is 11.6 Å².